The van der Waals surface area contributed by atoms with Crippen molar-refractivity contribution in [3.05, 3.63) is 48.0 Å². The van der Waals surface area contributed by atoms with E-state index in [-0.39, 0.29) is 5.91 Å². The molecule has 3 rings (SSSR count). The summed E-state index contributed by atoms with van der Waals surface area (Å²) in [5, 5.41) is 5.91. The Morgan fingerprint density at radius 1 is 0.967 bits per heavy atom. The Bertz CT molecular complexity index is 932. The fourth-order valence-corrected chi connectivity index (χ4v) is 3.50. The molecule has 1 fully saturated rings. The highest BCUT2D eigenvalue weighted by molar-refractivity contribution is 6.07. The van der Waals surface area contributed by atoms with Gasteiger partial charge in [0.2, 0.25) is 11.8 Å². The van der Waals surface area contributed by atoms with Crippen LogP contribution in [0.1, 0.15) is 23.2 Å². The molecule has 0 radical (unpaired) electrons. The lowest BCUT2D eigenvalue weighted by Gasteiger charge is -2.31. The Kier molecular flexibility index (Phi) is 6.59. The van der Waals surface area contributed by atoms with E-state index in [0.717, 1.165) is 10.8 Å². The first-order valence-electron chi connectivity index (χ1n) is 9.63. The van der Waals surface area contributed by atoms with Crippen LogP contribution in [0.15, 0.2) is 42.5 Å². The van der Waals surface area contributed by atoms with Crippen LogP contribution in [0.3, 0.4) is 0 Å². The Labute approximate surface area is 171 Å². The molecule has 160 valence electrons. The number of nitrogens with one attached hydrogen (secondary N) is 2. The molecule has 2 aromatic rings. The molecule has 0 saturated carbocycles. The molecule has 0 aliphatic carbocycles. The van der Waals surface area contributed by atoms with Crippen LogP contribution in [-0.4, -0.2) is 55.0 Å². The molecule has 9 heteroatoms. The van der Waals surface area contributed by atoms with Gasteiger partial charge >= 0.3 is 6.18 Å². The number of benzene rings is 2. The lowest BCUT2D eigenvalue weighted by Crippen LogP contribution is -2.46. The minimum Gasteiger partial charge on any atom is -0.347 e. The number of amides is 3. The molecule has 2 N–H and O–H groups in total. The molecule has 2 aromatic carbocycles. The van der Waals surface area contributed by atoms with Crippen LogP contribution in [-0.2, 0) is 9.59 Å². The molecule has 1 saturated heterocycles. The summed E-state index contributed by atoms with van der Waals surface area (Å²) in [5.41, 5.74) is 0.609. The molecule has 3 amide bonds. The third-order valence-corrected chi connectivity index (χ3v) is 5.08. The van der Waals surface area contributed by atoms with Gasteiger partial charge < -0.3 is 15.5 Å². The minimum atomic E-state index is -4.50. The number of fused-ring (bicyclic) bond motifs is 1. The maximum atomic E-state index is 12.9. The predicted molar refractivity (Wildman–Crippen MR) is 105 cm³/mol. The second-order valence-electron chi connectivity index (χ2n) is 7.20. The monoisotopic (exact) mass is 421 g/mol. The van der Waals surface area contributed by atoms with E-state index in [9.17, 15) is 27.6 Å². The van der Waals surface area contributed by atoms with Crippen LogP contribution < -0.4 is 10.6 Å². The van der Waals surface area contributed by atoms with E-state index < -0.39 is 37.0 Å². The summed E-state index contributed by atoms with van der Waals surface area (Å²) in [6, 6.07) is 13.2. The Balaban J connectivity index is 1.50. The van der Waals surface area contributed by atoms with Crippen molar-refractivity contribution in [1.82, 2.24) is 15.5 Å². The highest BCUT2D eigenvalue weighted by Crippen LogP contribution is 2.23. The molecule has 0 bridgehead atoms. The Morgan fingerprint density at radius 3 is 2.33 bits per heavy atom. The van der Waals surface area contributed by atoms with Gasteiger partial charge in [0.25, 0.3) is 5.91 Å². The first kappa shape index (κ1) is 21.6. The van der Waals surface area contributed by atoms with Gasteiger partial charge in [0.15, 0.2) is 0 Å². The summed E-state index contributed by atoms with van der Waals surface area (Å²) in [7, 11) is 0. The van der Waals surface area contributed by atoms with E-state index >= 15 is 0 Å². The zero-order chi connectivity index (χ0) is 21.7. The molecule has 1 aliphatic rings. The second-order valence-corrected chi connectivity index (χ2v) is 7.20. The highest BCUT2D eigenvalue weighted by Gasteiger charge is 2.30. The normalized spacial score (nSPS) is 15.1. The van der Waals surface area contributed by atoms with Gasteiger partial charge in [0, 0.05) is 24.6 Å². The second kappa shape index (κ2) is 9.15. The number of carbonyl (C=O) groups is 3. The molecule has 0 unspecified atom stereocenters. The summed E-state index contributed by atoms with van der Waals surface area (Å²) in [6.07, 6.45) is -3.65. The van der Waals surface area contributed by atoms with Gasteiger partial charge in [-0.2, -0.15) is 13.2 Å². The number of halogens is 3. The van der Waals surface area contributed by atoms with E-state index in [2.05, 4.69) is 5.32 Å². The average molecular weight is 421 g/mol. The highest BCUT2D eigenvalue weighted by atomic mass is 19.4. The predicted octanol–water partition coefficient (Wildman–Crippen LogP) is 2.49. The third kappa shape index (κ3) is 5.49. The van der Waals surface area contributed by atoms with Crippen molar-refractivity contribution in [3.63, 3.8) is 0 Å². The molecular weight excluding hydrogens is 399 g/mol. The summed E-state index contributed by atoms with van der Waals surface area (Å²) in [6.45, 7) is -1.17. The van der Waals surface area contributed by atoms with Crippen molar-refractivity contribution in [3.8, 4) is 0 Å². The van der Waals surface area contributed by atoms with E-state index in [4.69, 9.17) is 0 Å². The number of rotatable bonds is 5. The number of piperidine rings is 1. The lowest BCUT2D eigenvalue weighted by molar-refractivity contribution is -0.138. The molecule has 1 aliphatic heterocycles. The molecular formula is C21H22F3N3O3. The van der Waals surface area contributed by atoms with Crippen LogP contribution in [0.25, 0.3) is 10.8 Å². The quantitative estimate of drug-likeness (QED) is 0.779. The number of carbonyl (C=O) groups excluding carboxylic acids is 3. The van der Waals surface area contributed by atoms with E-state index in [1.54, 1.807) is 16.3 Å². The fourth-order valence-electron chi connectivity index (χ4n) is 3.50. The summed E-state index contributed by atoms with van der Waals surface area (Å²) in [5.74, 6) is -1.78. The first-order chi connectivity index (χ1) is 14.2. The lowest BCUT2D eigenvalue weighted by atomic mass is 9.95. The zero-order valence-electron chi connectivity index (χ0n) is 16.2. The van der Waals surface area contributed by atoms with Crippen LogP contribution in [0.4, 0.5) is 13.2 Å². The van der Waals surface area contributed by atoms with Gasteiger partial charge in [-0.15, -0.1) is 0 Å². The zero-order valence-corrected chi connectivity index (χ0v) is 16.2. The van der Waals surface area contributed by atoms with Crippen molar-refractivity contribution in [2.45, 2.75) is 19.0 Å². The smallest absolute Gasteiger partial charge is 0.347 e. The van der Waals surface area contributed by atoms with Crippen LogP contribution in [0, 0.1) is 5.92 Å². The minimum absolute atomic E-state index is 0.0998. The van der Waals surface area contributed by atoms with Gasteiger partial charge in [0.05, 0.1) is 6.54 Å². The van der Waals surface area contributed by atoms with Gasteiger partial charge in [0.1, 0.15) is 6.54 Å². The molecule has 0 spiro atoms. The number of hydrogen-bond acceptors (Lipinski definition) is 3. The van der Waals surface area contributed by atoms with Crippen molar-refractivity contribution < 1.29 is 27.6 Å². The average Bonchev–Trinajstić information content (AvgIpc) is 2.74. The first-order valence-corrected chi connectivity index (χ1v) is 9.63. The molecule has 0 aromatic heterocycles. The summed E-state index contributed by atoms with van der Waals surface area (Å²) < 4.78 is 36.2. The van der Waals surface area contributed by atoms with Crippen LogP contribution in [0.5, 0.6) is 0 Å². The van der Waals surface area contributed by atoms with Gasteiger partial charge in [-0.1, -0.05) is 36.4 Å². The molecule has 0 atom stereocenters. The number of alkyl halides is 3. The molecule has 1 heterocycles. The SMILES string of the molecule is O=C(CNC(=O)C1CCN(C(=O)c2cccc3ccccc23)CC1)NCC(F)(F)F. The van der Waals surface area contributed by atoms with Gasteiger partial charge in [-0.05, 0) is 29.7 Å². The topological polar surface area (TPSA) is 78.5 Å². The largest absolute Gasteiger partial charge is 0.405 e. The van der Waals surface area contributed by atoms with E-state index in [1.807, 2.05) is 36.4 Å². The van der Waals surface area contributed by atoms with Crippen molar-refractivity contribution >= 4 is 28.5 Å². The molecule has 6 nitrogen and oxygen atoms in total. The molecule has 30 heavy (non-hydrogen) atoms. The number of nitrogens with zero attached hydrogens (tertiary/aromatic N) is 1. The van der Waals surface area contributed by atoms with Gasteiger partial charge in [-0.25, -0.2) is 0 Å². The van der Waals surface area contributed by atoms with Crippen molar-refractivity contribution in [2.24, 2.45) is 5.92 Å². The summed E-state index contributed by atoms with van der Waals surface area (Å²) >= 11 is 0. The van der Waals surface area contributed by atoms with Gasteiger partial charge in [-0.3, -0.25) is 14.4 Å². The maximum absolute atomic E-state index is 12.9. The Hall–Kier alpha value is -3.10. The van der Waals surface area contributed by atoms with E-state index in [0.29, 0.717) is 31.5 Å². The summed E-state index contributed by atoms with van der Waals surface area (Å²) in [4.78, 5) is 38.2. The third-order valence-electron chi connectivity index (χ3n) is 5.08. The fraction of sp³-hybridized carbons (Fsp3) is 0.381. The van der Waals surface area contributed by atoms with Crippen LogP contribution >= 0.6 is 0 Å². The van der Waals surface area contributed by atoms with E-state index in [1.165, 1.54) is 0 Å². The number of hydrogen-bond donors (Lipinski definition) is 2. The maximum Gasteiger partial charge on any atom is 0.405 e. The van der Waals surface area contributed by atoms with Crippen molar-refractivity contribution in [2.75, 3.05) is 26.2 Å². The van der Waals surface area contributed by atoms with Crippen LogP contribution in [0.2, 0.25) is 0 Å². The Morgan fingerprint density at radius 2 is 1.63 bits per heavy atom. The van der Waals surface area contributed by atoms with Crippen molar-refractivity contribution in [1.29, 1.82) is 0 Å². The number of likely N-dealkylation sites (tertiary alicyclic amines) is 1. The standard InChI is InChI=1S/C21H22F3N3O3/c22-21(23,24)13-26-18(28)12-25-19(29)15-8-10-27(11-9-15)20(30)17-7-3-5-14-4-1-2-6-16(14)17/h1-7,15H,8-13H2,(H,25,29)(H,26,28).